The molecule has 1 fully saturated rings. The minimum atomic E-state index is -6.26. The maximum Gasteiger partial charge on any atom is 0.490 e. The van der Waals surface area contributed by atoms with Gasteiger partial charge in [0, 0.05) is 6.20 Å². The van der Waals surface area contributed by atoms with Crippen LogP contribution in [0, 0.1) is 4.64 Å². The normalized spacial score (nSPS) is 32.1. The average molecular weight is 555 g/mol. The maximum atomic E-state index is 15.3. The Kier molecular flexibility index (Phi) is 6.97. The molecule has 0 saturated carbocycles. The van der Waals surface area contributed by atoms with Crippen LogP contribution in [0.25, 0.3) is 0 Å². The van der Waals surface area contributed by atoms with E-state index in [1.54, 1.807) is 0 Å². The van der Waals surface area contributed by atoms with Crippen LogP contribution in [0.15, 0.2) is 11.0 Å². The van der Waals surface area contributed by atoms with Crippen LogP contribution in [-0.4, -0.2) is 64.0 Å². The molecule has 1 aliphatic heterocycles. The van der Waals surface area contributed by atoms with Crippen molar-refractivity contribution in [2.24, 2.45) is 0 Å². The lowest BCUT2D eigenvalue weighted by Gasteiger charge is -2.24. The quantitative estimate of drug-likeness (QED) is 0.163. The Morgan fingerprint density at radius 3 is 2.42 bits per heavy atom. The molecular formula is C9H13ClFN2O14P3S. The minimum absolute atomic E-state index is 0.277. The number of hydrogen-bond donors (Lipinski definition) is 7. The van der Waals surface area contributed by atoms with Crippen LogP contribution in [0.2, 0.25) is 5.02 Å². The summed E-state index contributed by atoms with van der Waals surface area (Å²) >= 11 is 10.4. The first kappa shape index (κ1) is 23.8. The van der Waals surface area contributed by atoms with Crippen LogP contribution in [0.4, 0.5) is 4.39 Å². The van der Waals surface area contributed by atoms with E-state index < -0.39 is 60.0 Å². The van der Waals surface area contributed by atoms with Gasteiger partial charge in [0.2, 0.25) is 0 Å². The summed E-state index contributed by atoms with van der Waals surface area (Å²) in [6, 6.07) is 0. The highest BCUT2D eigenvalue weighted by Crippen LogP contribution is 2.66. The summed E-state index contributed by atoms with van der Waals surface area (Å²) in [6.45, 7) is -4.30. The molecule has 0 radical (unpaired) electrons. The number of aromatic amines is 1. The first-order chi connectivity index (χ1) is 14.6. The number of rotatable bonds is 8. The fourth-order valence-corrected chi connectivity index (χ4v) is 5.23. The molecule has 16 nitrogen and oxygen atoms in total. The number of H-pyrrole nitrogens is 1. The highest BCUT2D eigenvalue weighted by Gasteiger charge is 2.57. The number of ether oxygens (including phenoxy) is 1. The number of phosphoric acid groups is 3. The van der Waals surface area contributed by atoms with Gasteiger partial charge in [-0.25, -0.2) is 22.9 Å². The number of halogens is 2. The molecule has 0 amide bonds. The molecule has 178 valence electrons. The molecule has 31 heavy (non-hydrogen) atoms. The highest BCUT2D eigenvalue weighted by molar-refractivity contribution is 7.71. The Hall–Kier alpha value is -0.390. The summed E-state index contributed by atoms with van der Waals surface area (Å²) in [7, 11) is -18.1. The molecule has 0 bridgehead atoms. The Morgan fingerprint density at radius 2 is 1.87 bits per heavy atom. The molecule has 2 unspecified atom stereocenters. The Morgan fingerprint density at radius 1 is 1.29 bits per heavy atom. The van der Waals surface area contributed by atoms with Gasteiger partial charge >= 0.3 is 29.2 Å². The van der Waals surface area contributed by atoms with Gasteiger partial charge in [-0.2, -0.15) is 8.62 Å². The number of phosphoric ester groups is 1. The van der Waals surface area contributed by atoms with Crippen molar-refractivity contribution in [1.82, 2.24) is 9.55 Å². The Bertz CT molecular complexity index is 1190. The van der Waals surface area contributed by atoms with Gasteiger partial charge in [-0.15, -0.1) is 0 Å². The van der Waals surface area contributed by atoms with E-state index in [4.69, 9.17) is 29.0 Å². The monoisotopic (exact) mass is 554 g/mol. The van der Waals surface area contributed by atoms with Gasteiger partial charge < -0.3 is 34.5 Å². The lowest BCUT2D eigenvalue weighted by molar-refractivity contribution is -0.204. The summed E-state index contributed by atoms with van der Waals surface area (Å²) in [4.78, 5) is 49.5. The Labute approximate surface area is 183 Å². The molecule has 0 spiro atoms. The van der Waals surface area contributed by atoms with E-state index in [0.29, 0.717) is 4.57 Å². The summed E-state index contributed by atoms with van der Waals surface area (Å²) in [5.41, 5.74) is -1.17. The van der Waals surface area contributed by atoms with Gasteiger partial charge in [0.25, 0.3) is 5.85 Å². The largest absolute Gasteiger partial charge is 0.490 e. The van der Waals surface area contributed by atoms with Crippen molar-refractivity contribution in [3.63, 3.8) is 0 Å². The van der Waals surface area contributed by atoms with Crippen LogP contribution in [0.1, 0.15) is 8.97 Å². The van der Waals surface area contributed by atoms with Crippen molar-refractivity contribution in [1.29, 1.82) is 0 Å². The van der Waals surface area contributed by atoms with Crippen molar-refractivity contribution in [2.45, 2.75) is 24.3 Å². The average Bonchev–Trinajstić information content (AvgIpc) is 2.79. The molecule has 2 heterocycles. The lowest BCUT2D eigenvalue weighted by atomic mass is 10.1. The molecule has 0 aromatic carbocycles. The zero-order valence-electron chi connectivity index (χ0n) is 16.2. The van der Waals surface area contributed by atoms with Crippen LogP contribution in [0.3, 0.4) is 0 Å². The number of hydrogen-bond acceptors (Lipinski definition) is 11. The van der Waals surface area contributed by atoms with Gasteiger partial charge in [-0.05, 0) is 0 Å². The van der Waals surface area contributed by atoms with Gasteiger partial charge in [0.15, 0.2) is 6.23 Å². The van der Waals surface area contributed by atoms with Crippen molar-refractivity contribution in [2.75, 3.05) is 6.56 Å². The first-order valence-electron chi connectivity index (χ1n) is 8.19. The number of aliphatic hydroxyl groups is 2. The molecule has 2 rings (SSSR count). The second kappa shape index (κ2) is 9.10. The predicted molar refractivity (Wildman–Crippen MR) is 96.7 cm³/mol. The van der Waals surface area contributed by atoms with Crippen molar-refractivity contribution >= 4 is 47.3 Å². The fourth-order valence-electron chi connectivity index (χ4n) is 2.06. The van der Waals surface area contributed by atoms with Crippen molar-refractivity contribution in [3.8, 4) is 0 Å². The number of alkyl halides is 1. The molecule has 1 aromatic heterocycles. The Balaban J connectivity index is 2.36. The highest BCUT2D eigenvalue weighted by atomic mass is 35.5. The molecular weight excluding hydrogens is 540 g/mol. The van der Waals surface area contributed by atoms with Crippen LogP contribution >= 0.6 is 47.3 Å². The van der Waals surface area contributed by atoms with E-state index in [1.807, 2.05) is 4.98 Å². The number of nitrogens with zero attached hydrogens (tertiary/aromatic N) is 1. The number of aromatic nitrogens is 2. The summed E-state index contributed by atoms with van der Waals surface area (Å²) in [6.07, 6.45) is -6.86. The van der Waals surface area contributed by atoms with E-state index in [-0.39, 0.29) is 9.66 Å². The zero-order valence-corrected chi connectivity index (χ0v) is 18.5. The van der Waals surface area contributed by atoms with Crippen molar-refractivity contribution < 1.29 is 68.5 Å². The molecule has 0 aliphatic carbocycles. The SMILES string of the molecule is [2H]C([2H])(OP(=O)(O)OP(=O)(O)OP(=O)(O)O)[C@@]1(F)O[C@@H](n2cc(Cl)c(=S)[nH]c2=O)[C@H](O)[C@@H]1O. The van der Waals surface area contributed by atoms with Crippen LogP contribution in [-0.2, 0) is 31.6 Å². The standard InChI is InChI=1S/C9H13ClFN2O14P3S/c10-3-1-13(8(16)12-6(3)31)7-4(14)5(15)9(11,25-7)2-24-29(20,21)27-30(22,23)26-28(17,18)19/h1,4-5,7,14-15H,2H2,(H,20,21)(H,22,23)(H,12,16,31)(H2,17,18,19)/t4-,5+,7-,9-/m1/s1/i2D2. The van der Waals surface area contributed by atoms with E-state index in [9.17, 15) is 33.6 Å². The van der Waals surface area contributed by atoms with Gasteiger partial charge in [0.05, 0.1) is 7.76 Å². The lowest BCUT2D eigenvalue weighted by Crippen LogP contribution is -2.43. The number of nitrogens with one attached hydrogen (secondary N) is 1. The third-order valence-electron chi connectivity index (χ3n) is 3.20. The van der Waals surface area contributed by atoms with Gasteiger partial charge in [0.1, 0.15) is 23.4 Å². The fraction of sp³-hybridized carbons (Fsp3) is 0.556. The maximum absolute atomic E-state index is 15.3. The molecule has 1 aliphatic rings. The smallest absolute Gasteiger partial charge is 0.385 e. The molecule has 7 N–H and O–H groups in total. The van der Waals surface area contributed by atoms with Crippen LogP contribution < -0.4 is 5.69 Å². The van der Waals surface area contributed by atoms with E-state index in [1.165, 1.54) is 0 Å². The number of aliphatic hydroxyl groups excluding tert-OH is 2. The van der Waals surface area contributed by atoms with Gasteiger partial charge in [-0.1, -0.05) is 23.8 Å². The molecule has 1 aromatic rings. The topological polar surface area (TPSA) is 247 Å². The van der Waals surface area contributed by atoms with E-state index in [0.717, 1.165) is 6.20 Å². The molecule has 6 atom stereocenters. The van der Waals surface area contributed by atoms with Crippen LogP contribution in [0.5, 0.6) is 0 Å². The predicted octanol–water partition coefficient (Wildman–Crippen LogP) is -0.181. The second-order valence-electron chi connectivity index (χ2n) is 5.52. The first-order valence-corrected chi connectivity index (χ1v) is 12.5. The third kappa shape index (κ3) is 6.80. The second-order valence-corrected chi connectivity index (χ2v) is 10.7. The summed E-state index contributed by atoms with van der Waals surface area (Å²) in [5.74, 6) is -4.26. The molecule has 1 saturated heterocycles. The third-order valence-corrected chi connectivity index (χ3v) is 7.57. The van der Waals surface area contributed by atoms with Crippen molar-refractivity contribution in [3.05, 3.63) is 26.3 Å². The van der Waals surface area contributed by atoms with E-state index >= 15 is 4.39 Å². The zero-order chi connectivity index (χ0) is 25.8. The molecule has 22 heteroatoms. The minimum Gasteiger partial charge on any atom is -0.385 e. The summed E-state index contributed by atoms with van der Waals surface area (Å²) in [5, 5.41) is 19.7. The van der Waals surface area contributed by atoms with E-state index in [2.05, 4.69) is 30.1 Å². The summed E-state index contributed by atoms with van der Waals surface area (Å²) < 4.78 is 79.3. The van der Waals surface area contributed by atoms with Gasteiger partial charge in [-0.3, -0.25) is 14.1 Å².